The van der Waals surface area contributed by atoms with Crippen molar-refractivity contribution < 1.29 is 0 Å². The monoisotopic (exact) mass is 266 g/mol. The molecule has 0 aliphatic heterocycles. The second kappa shape index (κ2) is 5.66. The number of nitrogens with zero attached hydrogens (tertiary/aromatic N) is 1. The zero-order chi connectivity index (χ0) is 13.9. The molecule has 104 valence electrons. The van der Waals surface area contributed by atoms with Gasteiger partial charge in [-0.25, -0.2) is 0 Å². The van der Waals surface area contributed by atoms with Gasteiger partial charge in [-0.3, -0.25) is 4.98 Å². The number of rotatable bonds is 3. The van der Waals surface area contributed by atoms with Crippen molar-refractivity contribution in [1.29, 1.82) is 0 Å². The number of anilines is 1. The van der Waals surface area contributed by atoms with Crippen LogP contribution in [0.25, 0.3) is 10.8 Å². The lowest BCUT2D eigenvalue weighted by Crippen LogP contribution is -2.20. The largest absolute Gasteiger partial charge is 0.384 e. The first-order valence-electron chi connectivity index (χ1n) is 7.46. The maximum atomic E-state index is 4.24. The smallest absolute Gasteiger partial charge is 0.0435 e. The van der Waals surface area contributed by atoms with Crippen molar-refractivity contribution in [1.82, 2.24) is 4.98 Å². The Hall–Kier alpha value is -1.83. The van der Waals surface area contributed by atoms with Crippen LogP contribution in [-0.4, -0.2) is 11.5 Å². The van der Waals surface area contributed by atoms with Crippen LogP contribution in [0.15, 0.2) is 48.3 Å². The third-order valence-corrected chi connectivity index (χ3v) is 4.15. The Morgan fingerprint density at radius 3 is 3.05 bits per heavy atom. The lowest BCUT2D eigenvalue weighted by atomic mass is 9.83. The molecule has 0 saturated heterocycles. The number of aromatic nitrogens is 1. The first-order valence-corrected chi connectivity index (χ1v) is 7.46. The fourth-order valence-electron chi connectivity index (χ4n) is 3.36. The molecule has 1 aliphatic rings. The number of allylic oxidation sites excluding steroid dienone is 2. The van der Waals surface area contributed by atoms with E-state index in [2.05, 4.69) is 54.5 Å². The molecule has 2 heteroatoms. The fraction of sp³-hybridized carbons (Fsp3) is 0.389. The first kappa shape index (κ1) is 13.2. The molecule has 20 heavy (non-hydrogen) atoms. The number of pyridine rings is 1. The van der Waals surface area contributed by atoms with Crippen molar-refractivity contribution in [2.24, 2.45) is 11.8 Å². The van der Waals surface area contributed by atoms with Crippen LogP contribution in [0.4, 0.5) is 5.69 Å². The molecule has 0 bridgehead atoms. The van der Waals surface area contributed by atoms with E-state index in [-0.39, 0.29) is 0 Å². The minimum Gasteiger partial charge on any atom is -0.384 e. The first-order chi connectivity index (χ1) is 9.72. The summed E-state index contributed by atoms with van der Waals surface area (Å²) in [6, 6.07) is 8.46. The van der Waals surface area contributed by atoms with Gasteiger partial charge >= 0.3 is 0 Å². The molecule has 0 spiro atoms. The van der Waals surface area contributed by atoms with E-state index in [1.165, 1.54) is 34.9 Å². The topological polar surface area (TPSA) is 24.9 Å². The molecule has 1 aromatic carbocycles. The summed E-state index contributed by atoms with van der Waals surface area (Å²) in [6.07, 6.45) is 8.72. The molecule has 3 rings (SSSR count). The third kappa shape index (κ3) is 2.84. The van der Waals surface area contributed by atoms with Gasteiger partial charge in [0.1, 0.15) is 0 Å². The van der Waals surface area contributed by atoms with Gasteiger partial charge in [0.25, 0.3) is 0 Å². The summed E-state index contributed by atoms with van der Waals surface area (Å²) in [4.78, 5) is 4.24. The van der Waals surface area contributed by atoms with Gasteiger partial charge in [0.15, 0.2) is 0 Å². The van der Waals surface area contributed by atoms with Crippen LogP contribution >= 0.6 is 0 Å². The maximum absolute atomic E-state index is 4.24. The van der Waals surface area contributed by atoms with Crippen molar-refractivity contribution >= 4 is 16.5 Å². The van der Waals surface area contributed by atoms with Gasteiger partial charge in [-0.15, -0.1) is 0 Å². The van der Waals surface area contributed by atoms with Crippen LogP contribution in [0.1, 0.15) is 26.7 Å². The zero-order valence-electron chi connectivity index (χ0n) is 12.3. The maximum Gasteiger partial charge on any atom is 0.0435 e. The molecule has 2 nitrogen and oxygen atoms in total. The van der Waals surface area contributed by atoms with Crippen molar-refractivity contribution in [3.8, 4) is 0 Å². The minimum atomic E-state index is 0.713. The van der Waals surface area contributed by atoms with Gasteiger partial charge in [-0.1, -0.05) is 30.7 Å². The SMILES string of the molecule is CC1=CC(C)CC(CNc2cccc3ccncc23)C1. The molecule has 0 radical (unpaired) electrons. The lowest BCUT2D eigenvalue weighted by molar-refractivity contribution is 0.421. The number of nitrogens with one attached hydrogen (secondary N) is 1. The Bertz CT molecular complexity index is 625. The normalized spacial score (nSPS) is 22.6. The van der Waals surface area contributed by atoms with Crippen molar-refractivity contribution in [3.63, 3.8) is 0 Å². The molecule has 0 fully saturated rings. The van der Waals surface area contributed by atoms with E-state index in [4.69, 9.17) is 0 Å². The summed E-state index contributed by atoms with van der Waals surface area (Å²) in [5.41, 5.74) is 2.74. The van der Waals surface area contributed by atoms with Crippen LogP contribution < -0.4 is 5.32 Å². The molecule has 2 atom stereocenters. The van der Waals surface area contributed by atoms with Crippen molar-refractivity contribution in [3.05, 3.63) is 48.3 Å². The molecule has 0 amide bonds. The van der Waals surface area contributed by atoms with Crippen LogP contribution in [0.5, 0.6) is 0 Å². The van der Waals surface area contributed by atoms with E-state index in [1.807, 2.05) is 12.4 Å². The van der Waals surface area contributed by atoms with Crippen molar-refractivity contribution in [2.45, 2.75) is 26.7 Å². The molecule has 0 saturated carbocycles. The average molecular weight is 266 g/mol. The van der Waals surface area contributed by atoms with Gasteiger partial charge in [-0.2, -0.15) is 0 Å². The van der Waals surface area contributed by atoms with Gasteiger partial charge in [-0.05, 0) is 49.1 Å². The summed E-state index contributed by atoms with van der Waals surface area (Å²) >= 11 is 0. The lowest BCUT2D eigenvalue weighted by Gasteiger charge is -2.26. The Morgan fingerprint density at radius 1 is 1.30 bits per heavy atom. The highest BCUT2D eigenvalue weighted by atomic mass is 14.9. The average Bonchev–Trinajstić information content (AvgIpc) is 2.44. The standard InChI is InChI=1S/C18H22N2/c1-13-8-14(2)10-15(9-13)11-20-18-5-3-4-16-6-7-19-12-17(16)18/h3-8,12-13,15,20H,9-11H2,1-2H3. The molecule has 1 aromatic heterocycles. The Morgan fingerprint density at radius 2 is 2.20 bits per heavy atom. The van der Waals surface area contributed by atoms with E-state index in [0.29, 0.717) is 5.92 Å². The summed E-state index contributed by atoms with van der Waals surface area (Å²) in [6.45, 7) is 5.62. The second-order valence-corrected chi connectivity index (χ2v) is 6.08. The van der Waals surface area contributed by atoms with E-state index >= 15 is 0 Å². The van der Waals surface area contributed by atoms with Gasteiger partial charge in [0.05, 0.1) is 0 Å². The number of hydrogen-bond donors (Lipinski definition) is 1. The van der Waals surface area contributed by atoms with Gasteiger partial charge < -0.3 is 5.32 Å². The van der Waals surface area contributed by atoms with Crippen LogP contribution in [-0.2, 0) is 0 Å². The number of fused-ring (bicyclic) bond motifs is 1. The van der Waals surface area contributed by atoms with Gasteiger partial charge in [0, 0.05) is 30.0 Å². The minimum absolute atomic E-state index is 0.713. The Balaban J connectivity index is 1.73. The van der Waals surface area contributed by atoms with E-state index < -0.39 is 0 Å². The molecule has 1 N–H and O–H groups in total. The Labute approximate surface area is 120 Å². The van der Waals surface area contributed by atoms with Gasteiger partial charge in [0.2, 0.25) is 0 Å². The highest BCUT2D eigenvalue weighted by Crippen LogP contribution is 2.29. The molecule has 1 heterocycles. The molecular weight excluding hydrogens is 244 g/mol. The number of benzene rings is 1. The van der Waals surface area contributed by atoms with Crippen LogP contribution in [0.3, 0.4) is 0 Å². The summed E-state index contributed by atoms with van der Waals surface area (Å²) < 4.78 is 0. The predicted octanol–water partition coefficient (Wildman–Crippen LogP) is 4.64. The van der Waals surface area contributed by atoms with Crippen LogP contribution in [0, 0.1) is 11.8 Å². The highest BCUT2D eigenvalue weighted by Gasteiger charge is 2.17. The van der Waals surface area contributed by atoms with E-state index in [0.717, 1.165) is 12.5 Å². The van der Waals surface area contributed by atoms with E-state index in [9.17, 15) is 0 Å². The molecule has 1 aliphatic carbocycles. The molecule has 2 unspecified atom stereocenters. The van der Waals surface area contributed by atoms with Crippen LogP contribution in [0.2, 0.25) is 0 Å². The van der Waals surface area contributed by atoms with E-state index in [1.54, 1.807) is 0 Å². The fourth-order valence-corrected chi connectivity index (χ4v) is 3.36. The molecular formula is C18H22N2. The quantitative estimate of drug-likeness (QED) is 0.819. The number of hydrogen-bond acceptors (Lipinski definition) is 2. The zero-order valence-corrected chi connectivity index (χ0v) is 12.3. The summed E-state index contributed by atoms with van der Waals surface area (Å²) in [5.74, 6) is 1.45. The summed E-state index contributed by atoms with van der Waals surface area (Å²) in [7, 11) is 0. The Kier molecular flexibility index (Phi) is 3.72. The second-order valence-electron chi connectivity index (χ2n) is 6.08. The predicted molar refractivity (Wildman–Crippen MR) is 85.9 cm³/mol. The summed E-state index contributed by atoms with van der Waals surface area (Å²) in [5, 5.41) is 6.09. The molecule has 2 aromatic rings. The highest BCUT2D eigenvalue weighted by molar-refractivity contribution is 5.93. The third-order valence-electron chi connectivity index (χ3n) is 4.15. The van der Waals surface area contributed by atoms with Crippen molar-refractivity contribution in [2.75, 3.05) is 11.9 Å².